The Labute approximate surface area is 212 Å². The first-order chi connectivity index (χ1) is 17.2. The average molecular weight is 506 g/mol. The molecule has 0 unspecified atom stereocenters. The van der Waals surface area contributed by atoms with Crippen molar-refractivity contribution in [1.29, 1.82) is 0 Å². The highest BCUT2D eigenvalue weighted by Gasteiger charge is 2.51. The molecule has 1 aromatic carbocycles. The third-order valence-corrected chi connectivity index (χ3v) is 7.38. The molecule has 2 fully saturated rings. The first kappa shape index (κ1) is 23.1. The van der Waals surface area contributed by atoms with E-state index in [4.69, 9.17) is 21.3 Å². The summed E-state index contributed by atoms with van der Waals surface area (Å²) in [6.07, 6.45) is 3.53. The van der Waals surface area contributed by atoms with Crippen LogP contribution < -0.4 is 10.5 Å². The molecule has 1 saturated carbocycles. The van der Waals surface area contributed by atoms with Crippen molar-refractivity contribution in [1.82, 2.24) is 19.5 Å². The van der Waals surface area contributed by atoms with E-state index in [9.17, 15) is 4.79 Å². The Morgan fingerprint density at radius 3 is 2.67 bits per heavy atom. The molecule has 184 valence electrons. The topological polar surface area (TPSA) is 73.1 Å². The third kappa shape index (κ3) is 3.94. The Hall–Kier alpha value is -3.36. The molecule has 7 nitrogen and oxygen atoms in total. The number of hydrogen-bond acceptors (Lipinski definition) is 6. The third-order valence-electron chi connectivity index (χ3n) is 7.14. The molecule has 1 spiro atoms. The number of benzene rings is 1. The number of nitrogens with zero attached hydrogens (tertiary/aromatic N) is 5. The predicted molar refractivity (Wildman–Crippen MR) is 137 cm³/mol. The molecule has 4 aromatic rings. The van der Waals surface area contributed by atoms with Gasteiger partial charge in [-0.3, -0.25) is 14.3 Å². The Morgan fingerprint density at radius 1 is 1.14 bits per heavy atom. The van der Waals surface area contributed by atoms with Crippen molar-refractivity contribution in [3.63, 3.8) is 0 Å². The molecule has 0 amide bonds. The number of aryl methyl sites for hydroxylation is 2. The molecule has 4 heterocycles. The SMILES string of the molecule is Cc1cc([C@@H]2CN(c3cc4c(=O)n(C)c(C)nc4c(-c4ccc(Cl)cc4F)n3)CC3(CC3)O2)ccn1. The average Bonchev–Trinajstić information content (AvgIpc) is 3.60. The number of ether oxygens (including phenoxy) is 1. The quantitative estimate of drug-likeness (QED) is 0.394. The zero-order chi connectivity index (χ0) is 25.2. The van der Waals surface area contributed by atoms with Crippen LogP contribution in [0.2, 0.25) is 5.02 Å². The maximum absolute atomic E-state index is 15.1. The lowest BCUT2D eigenvalue weighted by atomic mass is 10.0. The van der Waals surface area contributed by atoms with E-state index in [1.807, 2.05) is 19.1 Å². The molecule has 2 aliphatic rings. The van der Waals surface area contributed by atoms with Crippen molar-refractivity contribution in [2.24, 2.45) is 7.05 Å². The van der Waals surface area contributed by atoms with Gasteiger partial charge in [0.05, 0.1) is 11.0 Å². The van der Waals surface area contributed by atoms with Gasteiger partial charge in [-0.15, -0.1) is 0 Å². The van der Waals surface area contributed by atoms with Gasteiger partial charge in [-0.2, -0.15) is 0 Å². The summed E-state index contributed by atoms with van der Waals surface area (Å²) >= 11 is 6.01. The molecule has 1 aliphatic carbocycles. The van der Waals surface area contributed by atoms with Crippen molar-refractivity contribution >= 4 is 28.3 Å². The van der Waals surface area contributed by atoms with Crippen molar-refractivity contribution in [2.75, 3.05) is 18.0 Å². The molecule has 36 heavy (non-hydrogen) atoms. The van der Waals surface area contributed by atoms with Crippen molar-refractivity contribution in [3.8, 4) is 11.3 Å². The van der Waals surface area contributed by atoms with Crippen LogP contribution in [0.1, 0.15) is 36.0 Å². The van der Waals surface area contributed by atoms with Gasteiger partial charge in [0.1, 0.15) is 34.8 Å². The number of morpholine rings is 1. The number of anilines is 1. The normalized spacial score (nSPS) is 18.7. The fourth-order valence-electron chi connectivity index (χ4n) is 4.92. The molecule has 1 atom stereocenters. The molecule has 0 radical (unpaired) electrons. The van der Waals surface area contributed by atoms with Gasteiger partial charge in [-0.1, -0.05) is 11.6 Å². The Balaban J connectivity index is 1.53. The van der Waals surface area contributed by atoms with E-state index < -0.39 is 5.82 Å². The lowest BCUT2D eigenvalue weighted by Gasteiger charge is -2.39. The van der Waals surface area contributed by atoms with Crippen molar-refractivity contribution in [2.45, 2.75) is 38.4 Å². The largest absolute Gasteiger partial charge is 0.363 e. The van der Waals surface area contributed by atoms with E-state index in [1.54, 1.807) is 38.4 Å². The number of halogens is 2. The summed E-state index contributed by atoms with van der Waals surface area (Å²) in [7, 11) is 1.68. The van der Waals surface area contributed by atoms with Gasteiger partial charge in [-0.05, 0) is 68.7 Å². The molecule has 9 heteroatoms. The maximum atomic E-state index is 15.1. The molecule has 0 N–H and O–H groups in total. The summed E-state index contributed by atoms with van der Waals surface area (Å²) in [5, 5.41) is 0.682. The fraction of sp³-hybridized carbons (Fsp3) is 0.333. The lowest BCUT2D eigenvalue weighted by molar-refractivity contribution is -0.0456. The van der Waals surface area contributed by atoms with E-state index in [0.29, 0.717) is 41.3 Å². The van der Waals surface area contributed by atoms with E-state index >= 15 is 4.39 Å². The van der Waals surface area contributed by atoms with Crippen molar-refractivity contribution in [3.05, 3.63) is 80.9 Å². The van der Waals surface area contributed by atoms with Crippen molar-refractivity contribution < 1.29 is 9.13 Å². The van der Waals surface area contributed by atoms with Gasteiger partial charge < -0.3 is 9.64 Å². The smallest absolute Gasteiger partial charge is 0.261 e. The van der Waals surface area contributed by atoms with Gasteiger partial charge in [0.15, 0.2) is 0 Å². The fourth-order valence-corrected chi connectivity index (χ4v) is 5.08. The summed E-state index contributed by atoms with van der Waals surface area (Å²) in [6, 6.07) is 10.2. The van der Waals surface area contributed by atoms with Gasteiger partial charge in [0, 0.05) is 42.6 Å². The van der Waals surface area contributed by atoms with Gasteiger partial charge in [-0.25, -0.2) is 14.4 Å². The highest BCUT2D eigenvalue weighted by atomic mass is 35.5. The number of fused-ring (bicyclic) bond motifs is 1. The minimum Gasteiger partial charge on any atom is -0.363 e. The molecule has 0 bridgehead atoms. The first-order valence-corrected chi connectivity index (χ1v) is 12.3. The number of pyridine rings is 2. The van der Waals surface area contributed by atoms with E-state index in [1.165, 1.54) is 10.6 Å². The van der Waals surface area contributed by atoms with Crippen LogP contribution in [0, 0.1) is 19.7 Å². The minimum absolute atomic E-state index is 0.171. The molecular formula is C27H25ClFN5O2. The second-order valence-electron chi connectivity index (χ2n) is 9.77. The molecular weight excluding hydrogens is 481 g/mol. The van der Waals surface area contributed by atoms with E-state index in [-0.39, 0.29) is 27.9 Å². The zero-order valence-corrected chi connectivity index (χ0v) is 21.0. The molecule has 1 saturated heterocycles. The second-order valence-corrected chi connectivity index (χ2v) is 10.2. The summed E-state index contributed by atoms with van der Waals surface area (Å²) in [5.74, 6) is 0.605. The zero-order valence-electron chi connectivity index (χ0n) is 20.3. The summed E-state index contributed by atoms with van der Waals surface area (Å²) in [4.78, 5) is 29.3. The van der Waals surface area contributed by atoms with Crippen LogP contribution in [0.3, 0.4) is 0 Å². The first-order valence-electron chi connectivity index (χ1n) is 11.9. The van der Waals surface area contributed by atoms with E-state index in [2.05, 4.69) is 14.9 Å². The Morgan fingerprint density at radius 2 is 1.94 bits per heavy atom. The summed E-state index contributed by atoms with van der Waals surface area (Å²) < 4.78 is 23.1. The Bertz CT molecular complexity index is 1580. The number of aromatic nitrogens is 4. The standard InChI is InChI=1S/C27H25ClFN5O2/c1-15-10-17(6-9-30-15)22-13-34(14-27(36-22)7-8-27)23-12-20-25(31-16(2)33(3)26(20)35)24(32-23)19-5-4-18(28)11-21(19)29/h4-6,9-12,22H,7-8,13-14H2,1-3H3/t22-/m0/s1. The predicted octanol–water partition coefficient (Wildman–Crippen LogP) is 4.91. The number of rotatable bonds is 3. The highest BCUT2D eigenvalue weighted by Crippen LogP contribution is 2.48. The van der Waals surface area contributed by atoms with Crippen LogP contribution in [0.5, 0.6) is 0 Å². The van der Waals surface area contributed by atoms with Crippen LogP contribution in [0.4, 0.5) is 10.2 Å². The van der Waals surface area contributed by atoms with Crippen LogP contribution in [-0.2, 0) is 11.8 Å². The van der Waals surface area contributed by atoms with Crippen LogP contribution >= 0.6 is 11.6 Å². The van der Waals surface area contributed by atoms with Crippen LogP contribution in [-0.4, -0.2) is 38.2 Å². The monoisotopic (exact) mass is 505 g/mol. The van der Waals surface area contributed by atoms with Gasteiger partial charge in [0.25, 0.3) is 5.56 Å². The summed E-state index contributed by atoms with van der Waals surface area (Å²) in [6.45, 7) is 4.90. The van der Waals surface area contributed by atoms with Gasteiger partial charge >= 0.3 is 0 Å². The summed E-state index contributed by atoms with van der Waals surface area (Å²) in [5.41, 5.74) is 2.47. The molecule has 3 aromatic heterocycles. The van der Waals surface area contributed by atoms with E-state index in [0.717, 1.165) is 24.1 Å². The number of hydrogen-bond donors (Lipinski definition) is 0. The maximum Gasteiger partial charge on any atom is 0.261 e. The van der Waals surface area contributed by atoms with Crippen LogP contribution in [0.15, 0.2) is 47.4 Å². The second kappa shape index (κ2) is 8.35. The van der Waals surface area contributed by atoms with Crippen LogP contribution in [0.25, 0.3) is 22.2 Å². The minimum atomic E-state index is -0.514. The highest BCUT2D eigenvalue weighted by molar-refractivity contribution is 6.30. The molecule has 6 rings (SSSR count). The van der Waals surface area contributed by atoms with Gasteiger partial charge in [0.2, 0.25) is 0 Å². The molecule has 1 aliphatic heterocycles. The Kier molecular flexibility index (Phi) is 5.35. The lowest BCUT2D eigenvalue weighted by Crippen LogP contribution is -2.46.